The number of hydrogen-bond donors (Lipinski definition) is 0. The van der Waals surface area contributed by atoms with E-state index in [1.54, 1.807) is 42.5 Å². The molecule has 0 spiro atoms. The molecule has 3 aromatic carbocycles. The number of anilines is 1. The molecule has 3 aromatic rings. The summed E-state index contributed by atoms with van der Waals surface area (Å²) in [5.74, 6) is -1.24. The van der Waals surface area contributed by atoms with Crippen molar-refractivity contribution in [2.45, 2.75) is 4.90 Å². The summed E-state index contributed by atoms with van der Waals surface area (Å²) in [4.78, 5) is 41.3. The summed E-state index contributed by atoms with van der Waals surface area (Å²) in [6, 6.07) is 15.8. The average Bonchev–Trinajstić information content (AvgIpc) is 3.13. The van der Waals surface area contributed by atoms with Crippen LogP contribution in [0, 0.1) is 0 Å². The van der Waals surface area contributed by atoms with Crippen molar-refractivity contribution in [3.63, 3.8) is 0 Å². The smallest absolute Gasteiger partial charge is 0.266 e. The normalized spacial score (nSPS) is 16.3. The Morgan fingerprint density at radius 2 is 1.38 bits per heavy atom. The molecule has 8 nitrogen and oxygen atoms in total. The summed E-state index contributed by atoms with van der Waals surface area (Å²) in [7, 11) is -3.98. The summed E-state index contributed by atoms with van der Waals surface area (Å²) < 4.78 is 28.2. The lowest BCUT2D eigenvalue weighted by Crippen LogP contribution is -2.50. The van der Waals surface area contributed by atoms with E-state index in [2.05, 4.69) is 15.9 Å². The lowest BCUT2D eigenvalue weighted by Gasteiger charge is -2.34. The average molecular weight is 623 g/mol. The summed E-state index contributed by atoms with van der Waals surface area (Å²) in [6.07, 6.45) is 0. The standard InChI is InChI=1S/C25H18BrCl2N3O5S/c26-16-13-20(27)22(21(28)14-16)37(35,36)30-10-8-29(9-11-30)23(32)15-4-3-5-17(12-15)31-24(33)18-6-1-2-7-19(18)25(31)34/h1-7,12-14H,8-11H2. The number of sulfonamides is 1. The van der Waals surface area contributed by atoms with Crippen molar-refractivity contribution in [1.29, 1.82) is 0 Å². The Hall–Kier alpha value is -2.76. The van der Waals surface area contributed by atoms with Gasteiger partial charge in [-0.2, -0.15) is 4.31 Å². The van der Waals surface area contributed by atoms with Crippen LogP contribution < -0.4 is 4.90 Å². The number of amides is 3. The number of piperazine rings is 1. The van der Waals surface area contributed by atoms with Gasteiger partial charge < -0.3 is 4.90 Å². The number of benzene rings is 3. The van der Waals surface area contributed by atoms with Crippen LogP contribution in [0.2, 0.25) is 10.0 Å². The maximum atomic E-state index is 13.2. The highest BCUT2D eigenvalue weighted by molar-refractivity contribution is 9.10. The fourth-order valence-corrected chi connectivity index (χ4v) is 7.73. The molecule has 0 atom stereocenters. The third kappa shape index (κ3) is 4.57. The fraction of sp³-hybridized carbons (Fsp3) is 0.160. The quantitative estimate of drug-likeness (QED) is 0.393. The maximum absolute atomic E-state index is 13.2. The van der Waals surface area contributed by atoms with Crippen LogP contribution >= 0.6 is 39.1 Å². The highest BCUT2D eigenvalue weighted by Crippen LogP contribution is 2.35. The molecule has 190 valence electrons. The van der Waals surface area contributed by atoms with Crippen LogP contribution in [-0.2, 0) is 10.0 Å². The van der Waals surface area contributed by atoms with Crippen molar-refractivity contribution in [3.8, 4) is 0 Å². The van der Waals surface area contributed by atoms with Crippen molar-refractivity contribution < 1.29 is 22.8 Å². The van der Waals surface area contributed by atoms with Crippen LogP contribution in [0.3, 0.4) is 0 Å². The number of halogens is 3. The van der Waals surface area contributed by atoms with E-state index in [9.17, 15) is 22.8 Å². The SMILES string of the molecule is O=C(c1cccc(N2C(=O)c3ccccc3C2=O)c1)N1CCN(S(=O)(=O)c2c(Cl)cc(Br)cc2Cl)CC1. The predicted molar refractivity (Wildman–Crippen MR) is 143 cm³/mol. The second-order valence-electron chi connectivity index (χ2n) is 8.44. The zero-order chi connectivity index (χ0) is 26.5. The minimum atomic E-state index is -3.98. The first-order valence-corrected chi connectivity index (χ1v) is 14.1. The van der Waals surface area contributed by atoms with Crippen LogP contribution in [0.1, 0.15) is 31.1 Å². The van der Waals surface area contributed by atoms with Crippen LogP contribution in [-0.4, -0.2) is 61.5 Å². The molecule has 2 aliphatic rings. The van der Waals surface area contributed by atoms with E-state index < -0.39 is 21.8 Å². The first-order chi connectivity index (χ1) is 17.6. The first kappa shape index (κ1) is 25.9. The van der Waals surface area contributed by atoms with Crippen molar-refractivity contribution in [1.82, 2.24) is 9.21 Å². The summed E-state index contributed by atoms with van der Waals surface area (Å²) in [6.45, 7) is 0.381. The van der Waals surface area contributed by atoms with Gasteiger partial charge in [-0.3, -0.25) is 14.4 Å². The van der Waals surface area contributed by atoms with E-state index in [-0.39, 0.29) is 58.3 Å². The lowest BCUT2D eigenvalue weighted by molar-refractivity contribution is 0.0697. The van der Waals surface area contributed by atoms with Gasteiger partial charge in [0.15, 0.2) is 0 Å². The third-order valence-electron chi connectivity index (χ3n) is 6.23. The topological polar surface area (TPSA) is 95.1 Å². The minimum absolute atomic E-state index is 0.00264. The van der Waals surface area contributed by atoms with Gasteiger partial charge in [0.1, 0.15) is 4.90 Å². The van der Waals surface area contributed by atoms with Crippen molar-refractivity contribution in [3.05, 3.63) is 91.9 Å². The van der Waals surface area contributed by atoms with Gasteiger partial charge in [-0.1, -0.05) is 57.3 Å². The number of carbonyl (C=O) groups is 3. The van der Waals surface area contributed by atoms with Crippen LogP contribution in [0.5, 0.6) is 0 Å². The van der Waals surface area contributed by atoms with Gasteiger partial charge in [0.05, 0.1) is 26.9 Å². The largest absolute Gasteiger partial charge is 0.336 e. The van der Waals surface area contributed by atoms with Crippen molar-refractivity contribution in [2.75, 3.05) is 31.1 Å². The van der Waals surface area contributed by atoms with Gasteiger partial charge in [-0.25, -0.2) is 13.3 Å². The molecule has 0 aliphatic carbocycles. The van der Waals surface area contributed by atoms with Gasteiger partial charge >= 0.3 is 0 Å². The first-order valence-electron chi connectivity index (χ1n) is 11.1. The Bertz CT molecular complexity index is 1510. The summed E-state index contributed by atoms with van der Waals surface area (Å²) in [5, 5.41) is 0.00528. The van der Waals surface area contributed by atoms with Crippen LogP contribution in [0.4, 0.5) is 5.69 Å². The molecule has 2 aliphatic heterocycles. The Morgan fingerprint density at radius 3 is 1.95 bits per heavy atom. The van der Waals surface area contributed by atoms with E-state index >= 15 is 0 Å². The van der Waals surface area contributed by atoms with Crippen LogP contribution in [0.15, 0.2) is 70.0 Å². The summed E-state index contributed by atoms with van der Waals surface area (Å²) >= 11 is 15.6. The molecular weight excluding hydrogens is 605 g/mol. The minimum Gasteiger partial charge on any atom is -0.336 e. The Labute approximate surface area is 231 Å². The zero-order valence-electron chi connectivity index (χ0n) is 19.0. The monoisotopic (exact) mass is 621 g/mol. The highest BCUT2D eigenvalue weighted by atomic mass is 79.9. The number of nitrogens with zero attached hydrogens (tertiary/aromatic N) is 3. The zero-order valence-corrected chi connectivity index (χ0v) is 22.9. The second-order valence-corrected chi connectivity index (χ2v) is 12.0. The van der Waals surface area contributed by atoms with E-state index in [4.69, 9.17) is 23.2 Å². The molecular formula is C25H18BrCl2N3O5S. The Morgan fingerprint density at radius 1 is 0.811 bits per heavy atom. The lowest BCUT2D eigenvalue weighted by atomic mass is 10.1. The number of hydrogen-bond acceptors (Lipinski definition) is 5. The number of imide groups is 1. The van der Waals surface area contributed by atoms with Crippen molar-refractivity contribution in [2.24, 2.45) is 0 Å². The van der Waals surface area contributed by atoms with Gasteiger partial charge in [0.25, 0.3) is 17.7 Å². The second kappa shape index (κ2) is 9.85. The molecule has 1 saturated heterocycles. The highest BCUT2D eigenvalue weighted by Gasteiger charge is 2.37. The van der Waals surface area contributed by atoms with Gasteiger partial charge in [0.2, 0.25) is 10.0 Å². The van der Waals surface area contributed by atoms with Crippen molar-refractivity contribution >= 4 is 72.6 Å². The molecule has 0 N–H and O–H groups in total. The molecule has 0 bridgehead atoms. The molecule has 37 heavy (non-hydrogen) atoms. The van der Waals surface area contributed by atoms with Gasteiger partial charge in [-0.15, -0.1) is 0 Å². The molecule has 12 heteroatoms. The summed E-state index contributed by atoms with van der Waals surface area (Å²) in [5.41, 5.74) is 1.20. The number of fused-ring (bicyclic) bond motifs is 1. The van der Waals surface area contributed by atoms with E-state index in [1.165, 1.54) is 27.4 Å². The predicted octanol–water partition coefficient (Wildman–Crippen LogP) is 4.70. The molecule has 0 saturated carbocycles. The maximum Gasteiger partial charge on any atom is 0.266 e. The molecule has 0 radical (unpaired) electrons. The molecule has 3 amide bonds. The fourth-order valence-electron chi connectivity index (χ4n) is 4.42. The number of carbonyl (C=O) groups excluding carboxylic acids is 3. The Kier molecular flexibility index (Phi) is 6.88. The van der Waals surface area contributed by atoms with Gasteiger partial charge in [-0.05, 0) is 42.5 Å². The van der Waals surface area contributed by atoms with E-state index in [1.807, 2.05) is 0 Å². The Balaban J connectivity index is 1.32. The molecule has 1 fully saturated rings. The number of rotatable bonds is 4. The van der Waals surface area contributed by atoms with E-state index in [0.717, 1.165) is 4.90 Å². The van der Waals surface area contributed by atoms with Gasteiger partial charge in [0, 0.05) is 36.2 Å². The van der Waals surface area contributed by atoms with E-state index in [0.29, 0.717) is 15.6 Å². The molecule has 0 aromatic heterocycles. The van der Waals surface area contributed by atoms with Crippen LogP contribution in [0.25, 0.3) is 0 Å². The third-order valence-corrected chi connectivity index (χ3v) is 9.51. The molecule has 5 rings (SSSR count). The molecule has 0 unspecified atom stereocenters. The molecule has 2 heterocycles.